The van der Waals surface area contributed by atoms with Crippen molar-refractivity contribution in [3.63, 3.8) is 0 Å². The highest BCUT2D eigenvalue weighted by Crippen LogP contribution is 2.24. The number of rotatable bonds is 5. The molecule has 6 heteroatoms. The number of hydrogen-bond donors (Lipinski definition) is 3. The maximum atomic E-state index is 11.8. The Kier molecular flexibility index (Phi) is 5.32. The summed E-state index contributed by atoms with van der Waals surface area (Å²) >= 11 is 5.81. The molecule has 0 aromatic heterocycles. The van der Waals surface area contributed by atoms with Gasteiger partial charge in [-0.2, -0.15) is 0 Å². The van der Waals surface area contributed by atoms with Crippen LogP contribution in [-0.2, 0) is 4.79 Å². The van der Waals surface area contributed by atoms with Crippen molar-refractivity contribution < 1.29 is 14.7 Å². The Bertz CT molecular complexity index is 489. The molecule has 0 saturated carbocycles. The minimum atomic E-state index is -1.19. The molecule has 0 saturated heterocycles. The van der Waals surface area contributed by atoms with Gasteiger partial charge in [-0.05, 0) is 18.1 Å². The van der Waals surface area contributed by atoms with Crippen LogP contribution in [0.5, 0.6) is 0 Å². The number of carboxylic acids is 1. The SMILES string of the molecule is CC(C)C(N)CC(=O)Nc1cccc(Cl)c1C(=O)O. The molecular weight excluding hydrogens is 268 g/mol. The average molecular weight is 285 g/mol. The summed E-state index contributed by atoms with van der Waals surface area (Å²) < 4.78 is 0. The van der Waals surface area contributed by atoms with Crippen LogP contribution in [0.2, 0.25) is 5.02 Å². The lowest BCUT2D eigenvalue weighted by Gasteiger charge is -2.16. The van der Waals surface area contributed by atoms with Crippen LogP contribution >= 0.6 is 11.6 Å². The van der Waals surface area contributed by atoms with Crippen molar-refractivity contribution in [3.8, 4) is 0 Å². The predicted molar refractivity (Wildman–Crippen MR) is 74.5 cm³/mol. The lowest BCUT2D eigenvalue weighted by Crippen LogP contribution is -2.31. The Hall–Kier alpha value is -1.59. The van der Waals surface area contributed by atoms with Gasteiger partial charge in [0.05, 0.1) is 10.7 Å². The molecule has 1 rings (SSSR count). The summed E-state index contributed by atoms with van der Waals surface area (Å²) in [6, 6.07) is 4.26. The monoisotopic (exact) mass is 284 g/mol. The molecule has 0 spiro atoms. The smallest absolute Gasteiger partial charge is 0.339 e. The van der Waals surface area contributed by atoms with Crippen LogP contribution in [0.15, 0.2) is 18.2 Å². The lowest BCUT2D eigenvalue weighted by molar-refractivity contribution is -0.116. The van der Waals surface area contributed by atoms with E-state index in [-0.39, 0.29) is 40.6 Å². The van der Waals surface area contributed by atoms with Gasteiger partial charge in [-0.3, -0.25) is 4.79 Å². The van der Waals surface area contributed by atoms with E-state index < -0.39 is 5.97 Å². The van der Waals surface area contributed by atoms with Crippen molar-refractivity contribution in [2.75, 3.05) is 5.32 Å². The number of halogens is 1. The molecule has 1 unspecified atom stereocenters. The molecule has 19 heavy (non-hydrogen) atoms. The number of amides is 1. The van der Waals surface area contributed by atoms with Gasteiger partial charge >= 0.3 is 5.97 Å². The van der Waals surface area contributed by atoms with Crippen LogP contribution in [0.25, 0.3) is 0 Å². The highest BCUT2D eigenvalue weighted by Gasteiger charge is 2.18. The number of nitrogens with one attached hydrogen (secondary N) is 1. The van der Waals surface area contributed by atoms with Gasteiger partial charge in [0.25, 0.3) is 0 Å². The molecule has 104 valence electrons. The summed E-state index contributed by atoms with van der Waals surface area (Å²) in [5.41, 5.74) is 5.86. The topological polar surface area (TPSA) is 92.4 Å². The van der Waals surface area contributed by atoms with Crippen molar-refractivity contribution >= 4 is 29.2 Å². The molecule has 0 aliphatic carbocycles. The van der Waals surface area contributed by atoms with E-state index in [1.165, 1.54) is 12.1 Å². The fraction of sp³-hybridized carbons (Fsp3) is 0.385. The lowest BCUT2D eigenvalue weighted by atomic mass is 10.0. The van der Waals surface area contributed by atoms with Crippen LogP contribution < -0.4 is 11.1 Å². The minimum Gasteiger partial charge on any atom is -0.478 e. The van der Waals surface area contributed by atoms with Gasteiger partial charge in [0.2, 0.25) is 5.91 Å². The van der Waals surface area contributed by atoms with Gasteiger partial charge in [-0.25, -0.2) is 4.79 Å². The molecule has 0 fully saturated rings. The molecule has 0 aliphatic rings. The number of nitrogens with two attached hydrogens (primary N) is 1. The van der Waals surface area contributed by atoms with Crippen molar-refractivity contribution in [1.82, 2.24) is 0 Å². The zero-order valence-corrected chi connectivity index (χ0v) is 11.6. The Labute approximate surface area is 116 Å². The van der Waals surface area contributed by atoms with Crippen molar-refractivity contribution in [3.05, 3.63) is 28.8 Å². The first kappa shape index (κ1) is 15.5. The summed E-state index contributed by atoms with van der Waals surface area (Å²) in [5, 5.41) is 11.7. The van der Waals surface area contributed by atoms with E-state index in [1.54, 1.807) is 6.07 Å². The first-order chi connectivity index (χ1) is 8.82. The molecule has 0 aliphatic heterocycles. The van der Waals surface area contributed by atoms with Gasteiger partial charge in [0.15, 0.2) is 0 Å². The number of benzene rings is 1. The first-order valence-corrected chi connectivity index (χ1v) is 6.28. The van der Waals surface area contributed by atoms with Gasteiger partial charge in [0, 0.05) is 12.5 Å². The second-order valence-corrected chi connectivity index (χ2v) is 5.03. The Balaban J connectivity index is 2.86. The molecule has 0 bridgehead atoms. The number of carbonyl (C=O) groups excluding carboxylic acids is 1. The fourth-order valence-electron chi connectivity index (χ4n) is 1.50. The highest BCUT2D eigenvalue weighted by atomic mass is 35.5. The molecule has 0 radical (unpaired) electrons. The van der Waals surface area contributed by atoms with Gasteiger partial charge < -0.3 is 16.2 Å². The van der Waals surface area contributed by atoms with E-state index in [1.807, 2.05) is 13.8 Å². The van der Waals surface area contributed by atoms with E-state index >= 15 is 0 Å². The Morgan fingerprint density at radius 1 is 1.42 bits per heavy atom. The van der Waals surface area contributed by atoms with Crippen LogP contribution in [-0.4, -0.2) is 23.0 Å². The number of aromatic carboxylic acids is 1. The van der Waals surface area contributed by atoms with Gasteiger partial charge in [-0.1, -0.05) is 31.5 Å². The third kappa shape index (κ3) is 4.22. The summed E-state index contributed by atoms with van der Waals surface area (Å²) in [6.45, 7) is 3.83. The van der Waals surface area contributed by atoms with Crippen molar-refractivity contribution in [1.29, 1.82) is 0 Å². The first-order valence-electron chi connectivity index (χ1n) is 5.90. The minimum absolute atomic E-state index is 0.0819. The van der Waals surface area contributed by atoms with Crippen LogP contribution in [0.4, 0.5) is 5.69 Å². The van der Waals surface area contributed by atoms with Crippen molar-refractivity contribution in [2.24, 2.45) is 11.7 Å². The largest absolute Gasteiger partial charge is 0.478 e. The van der Waals surface area contributed by atoms with E-state index in [0.29, 0.717) is 0 Å². The molecular formula is C13H17ClN2O3. The zero-order chi connectivity index (χ0) is 14.6. The van der Waals surface area contributed by atoms with E-state index in [2.05, 4.69) is 5.32 Å². The standard InChI is InChI=1S/C13H17ClN2O3/c1-7(2)9(15)6-11(17)16-10-5-3-4-8(14)12(10)13(18)19/h3-5,7,9H,6,15H2,1-2H3,(H,16,17)(H,18,19). The molecule has 1 atom stereocenters. The third-order valence-electron chi connectivity index (χ3n) is 2.78. The second-order valence-electron chi connectivity index (χ2n) is 4.63. The average Bonchev–Trinajstić information content (AvgIpc) is 2.27. The summed E-state index contributed by atoms with van der Waals surface area (Å²) in [6.07, 6.45) is 0.128. The maximum absolute atomic E-state index is 11.8. The molecule has 4 N–H and O–H groups in total. The van der Waals surface area contributed by atoms with E-state index in [0.717, 1.165) is 0 Å². The fourth-order valence-corrected chi connectivity index (χ4v) is 1.75. The third-order valence-corrected chi connectivity index (χ3v) is 3.09. The van der Waals surface area contributed by atoms with Crippen LogP contribution in [0.3, 0.4) is 0 Å². The predicted octanol–water partition coefficient (Wildman–Crippen LogP) is 2.35. The van der Waals surface area contributed by atoms with Crippen molar-refractivity contribution in [2.45, 2.75) is 26.3 Å². The number of anilines is 1. The quantitative estimate of drug-likeness (QED) is 0.774. The van der Waals surface area contributed by atoms with E-state index in [4.69, 9.17) is 22.4 Å². The molecule has 1 aromatic carbocycles. The Morgan fingerprint density at radius 3 is 2.58 bits per heavy atom. The van der Waals surface area contributed by atoms with E-state index in [9.17, 15) is 9.59 Å². The molecule has 5 nitrogen and oxygen atoms in total. The number of carbonyl (C=O) groups is 2. The summed E-state index contributed by atoms with van der Waals surface area (Å²) in [4.78, 5) is 22.9. The molecule has 1 aromatic rings. The summed E-state index contributed by atoms with van der Waals surface area (Å²) in [5.74, 6) is -1.34. The van der Waals surface area contributed by atoms with Crippen LogP contribution in [0, 0.1) is 5.92 Å². The van der Waals surface area contributed by atoms with Crippen LogP contribution in [0.1, 0.15) is 30.6 Å². The highest BCUT2D eigenvalue weighted by molar-refractivity contribution is 6.34. The molecule has 1 amide bonds. The normalized spacial score (nSPS) is 12.3. The van der Waals surface area contributed by atoms with Gasteiger partial charge in [-0.15, -0.1) is 0 Å². The zero-order valence-electron chi connectivity index (χ0n) is 10.8. The second kappa shape index (κ2) is 6.54. The number of carboxylic acid groups (broad SMARTS) is 1. The number of hydrogen-bond acceptors (Lipinski definition) is 3. The summed E-state index contributed by atoms with van der Waals surface area (Å²) in [7, 11) is 0. The Morgan fingerprint density at radius 2 is 2.05 bits per heavy atom. The van der Waals surface area contributed by atoms with Gasteiger partial charge in [0.1, 0.15) is 5.56 Å². The molecule has 0 heterocycles. The maximum Gasteiger partial charge on any atom is 0.339 e.